The van der Waals surface area contributed by atoms with Crippen molar-refractivity contribution in [1.82, 2.24) is 15.2 Å². The van der Waals surface area contributed by atoms with Crippen molar-refractivity contribution >= 4 is 57.6 Å². The van der Waals surface area contributed by atoms with E-state index in [0.717, 1.165) is 22.5 Å². The van der Waals surface area contributed by atoms with Gasteiger partial charge in [0.1, 0.15) is 35.2 Å². The minimum absolute atomic E-state index is 0.00295. The minimum Gasteiger partial charge on any atom is -0.489 e. The van der Waals surface area contributed by atoms with Gasteiger partial charge in [-0.05, 0) is 35.4 Å². The monoisotopic (exact) mass is 684 g/mol. The summed E-state index contributed by atoms with van der Waals surface area (Å²) in [7, 11) is 0. The number of ether oxygens (including phenoxy) is 2. The number of amides is 3. The smallest absolute Gasteiger partial charge is 0.356 e. The normalized spacial score (nSPS) is 17.4. The maximum absolute atomic E-state index is 14.2. The van der Waals surface area contributed by atoms with Gasteiger partial charge in [0.2, 0.25) is 5.91 Å². The number of nitrogens with zero attached hydrogens (tertiary/aromatic N) is 3. The first-order chi connectivity index (χ1) is 23.2. The van der Waals surface area contributed by atoms with Crippen molar-refractivity contribution in [1.29, 1.82) is 0 Å². The maximum Gasteiger partial charge on any atom is 0.356 e. The lowest BCUT2D eigenvalue weighted by Crippen LogP contribution is -2.71. The molecule has 6 N–H and O–H groups in total. The number of rotatable bonds is 11. The zero-order valence-corrected chi connectivity index (χ0v) is 26.6. The molecule has 48 heavy (non-hydrogen) atoms. The molecule has 0 aliphatic carbocycles. The topological polar surface area (TPSA) is 200 Å². The van der Waals surface area contributed by atoms with Crippen LogP contribution in [0, 0.1) is 0 Å². The summed E-state index contributed by atoms with van der Waals surface area (Å²) in [5.41, 5.74) is 12.9. The van der Waals surface area contributed by atoms with Crippen LogP contribution in [0.5, 0.6) is 5.75 Å². The number of primary amides is 1. The first-order valence-electron chi connectivity index (χ1n) is 14.5. The number of hydrogen-bond donors (Lipinski definition) is 4. The summed E-state index contributed by atoms with van der Waals surface area (Å²) in [6.45, 7) is -0.0746. The highest BCUT2D eigenvalue weighted by Crippen LogP contribution is 2.42. The van der Waals surface area contributed by atoms with Crippen LogP contribution in [0.2, 0.25) is 0 Å². The number of carbonyl (C=O) groups is 4. The number of thioether (sulfide) groups is 1. The number of benzene rings is 3. The van der Waals surface area contributed by atoms with Gasteiger partial charge in [-0.3, -0.25) is 19.3 Å². The molecule has 2 atom stereocenters. The van der Waals surface area contributed by atoms with E-state index in [2.05, 4.69) is 15.5 Å². The summed E-state index contributed by atoms with van der Waals surface area (Å²) in [6, 6.07) is 23.6. The van der Waals surface area contributed by atoms with Gasteiger partial charge >= 0.3 is 5.97 Å². The molecule has 3 aromatic carbocycles. The molecule has 0 bridgehead atoms. The summed E-state index contributed by atoms with van der Waals surface area (Å²) in [5, 5.41) is 16.1. The average Bonchev–Trinajstić information content (AvgIpc) is 3.54. The molecular formula is C33H28N6O7S2. The first kappa shape index (κ1) is 32.3. The standard InChI is InChI=1S/C33H28N6O7S2/c34-28(40)20-11-13-22(14-12-20)45-15-21-16-47-31-25(37-29(41)24(38-44)23-17-48-33(35)36-23)30(42)39(31)26(21)32(43)46-27(18-7-3-1-4-8-18)19-9-5-2-6-10-19/h1-14,17,25,27,31,44H,15-16H2,(H2,34,40)(H2,35,36)(H,37,41)/b38-24-/t25?,31-/m1/s1. The lowest BCUT2D eigenvalue weighted by Gasteiger charge is -2.49. The Morgan fingerprint density at radius 2 is 1.67 bits per heavy atom. The summed E-state index contributed by atoms with van der Waals surface area (Å²) in [5.74, 6) is -2.07. The second-order valence-electron chi connectivity index (χ2n) is 10.6. The van der Waals surface area contributed by atoms with Crippen LogP contribution in [-0.2, 0) is 19.1 Å². The van der Waals surface area contributed by atoms with Crippen LogP contribution in [-0.4, -0.2) is 68.3 Å². The van der Waals surface area contributed by atoms with Gasteiger partial charge in [-0.15, -0.1) is 23.1 Å². The number of anilines is 1. The summed E-state index contributed by atoms with van der Waals surface area (Å²) in [4.78, 5) is 57.6. The van der Waals surface area contributed by atoms with Gasteiger partial charge < -0.3 is 31.5 Å². The van der Waals surface area contributed by atoms with Gasteiger partial charge in [-0.2, -0.15) is 0 Å². The van der Waals surface area contributed by atoms with Crippen molar-refractivity contribution in [2.24, 2.45) is 10.9 Å². The molecule has 244 valence electrons. The van der Waals surface area contributed by atoms with Crippen molar-refractivity contribution in [2.45, 2.75) is 17.5 Å². The van der Waals surface area contributed by atoms with Crippen LogP contribution in [0.4, 0.5) is 5.13 Å². The van der Waals surface area contributed by atoms with E-state index in [1.807, 2.05) is 60.7 Å². The second kappa shape index (κ2) is 14.0. The zero-order valence-electron chi connectivity index (χ0n) is 25.0. The SMILES string of the molecule is NC(=O)c1ccc(OCC2=C(C(=O)OC(c3ccccc3)c3ccccc3)N3C(=O)C(NC(=O)/C(=N\O)c4csc(N)n4)[C@H]3SC2)cc1. The molecule has 13 nitrogen and oxygen atoms in total. The lowest BCUT2D eigenvalue weighted by atomic mass is 10.0. The highest BCUT2D eigenvalue weighted by Gasteiger charge is 2.55. The summed E-state index contributed by atoms with van der Waals surface area (Å²) < 4.78 is 12.1. The molecule has 1 aromatic heterocycles. The van der Waals surface area contributed by atoms with Gasteiger partial charge in [0.25, 0.3) is 11.8 Å². The molecule has 0 spiro atoms. The van der Waals surface area contributed by atoms with Crippen molar-refractivity contribution in [2.75, 3.05) is 18.1 Å². The van der Waals surface area contributed by atoms with E-state index in [1.165, 1.54) is 34.2 Å². The van der Waals surface area contributed by atoms with Crippen molar-refractivity contribution < 1.29 is 33.9 Å². The zero-order chi connectivity index (χ0) is 33.8. The Balaban J connectivity index is 1.28. The molecule has 1 saturated heterocycles. The highest BCUT2D eigenvalue weighted by atomic mass is 32.2. The average molecular weight is 685 g/mol. The van der Waals surface area contributed by atoms with Gasteiger partial charge in [-0.25, -0.2) is 9.78 Å². The Morgan fingerprint density at radius 1 is 1.02 bits per heavy atom. The van der Waals surface area contributed by atoms with Crippen LogP contribution in [0.15, 0.2) is 107 Å². The van der Waals surface area contributed by atoms with E-state index in [9.17, 15) is 24.4 Å². The molecule has 2 aliphatic heterocycles. The molecule has 1 fully saturated rings. The van der Waals surface area contributed by atoms with Crippen LogP contribution >= 0.6 is 23.1 Å². The number of β-lactam (4-membered cyclic amide) rings is 1. The molecule has 2 aliphatic rings. The number of oxime groups is 1. The van der Waals surface area contributed by atoms with E-state index in [-0.39, 0.29) is 28.9 Å². The molecule has 1 unspecified atom stereocenters. The third-order valence-electron chi connectivity index (χ3n) is 7.59. The fourth-order valence-corrected chi connectivity index (χ4v) is 7.11. The fourth-order valence-electron chi connectivity index (χ4n) is 5.23. The number of nitrogen functional groups attached to an aromatic ring is 1. The maximum atomic E-state index is 14.2. The fraction of sp³-hybridized carbons (Fsp3) is 0.152. The quantitative estimate of drug-likeness (QED) is 0.0599. The molecule has 0 radical (unpaired) electrons. The van der Waals surface area contributed by atoms with E-state index in [0.29, 0.717) is 16.9 Å². The van der Waals surface area contributed by atoms with Crippen molar-refractivity contribution in [3.63, 3.8) is 0 Å². The number of nitrogens with one attached hydrogen (secondary N) is 1. The Hall–Kier alpha value is -5.67. The number of esters is 1. The van der Waals surface area contributed by atoms with Gasteiger partial charge in [0, 0.05) is 22.3 Å². The largest absolute Gasteiger partial charge is 0.489 e. The number of carbonyl (C=O) groups excluding carboxylic acids is 4. The lowest BCUT2D eigenvalue weighted by molar-refractivity contribution is -0.154. The second-order valence-corrected chi connectivity index (χ2v) is 12.6. The number of thiazole rings is 1. The van der Waals surface area contributed by atoms with Gasteiger partial charge in [-0.1, -0.05) is 65.8 Å². The van der Waals surface area contributed by atoms with Crippen LogP contribution < -0.4 is 21.5 Å². The number of nitrogens with two attached hydrogens (primary N) is 2. The van der Waals surface area contributed by atoms with Crippen LogP contribution in [0.25, 0.3) is 0 Å². The van der Waals surface area contributed by atoms with E-state index < -0.39 is 46.9 Å². The molecule has 0 saturated carbocycles. The van der Waals surface area contributed by atoms with Gasteiger partial charge in [0.15, 0.2) is 16.9 Å². The first-order valence-corrected chi connectivity index (χ1v) is 16.4. The van der Waals surface area contributed by atoms with E-state index in [1.54, 1.807) is 12.1 Å². The molecule has 3 amide bonds. The number of hydrogen-bond acceptors (Lipinski definition) is 12. The molecule has 3 heterocycles. The summed E-state index contributed by atoms with van der Waals surface area (Å²) >= 11 is 2.37. The van der Waals surface area contributed by atoms with Crippen LogP contribution in [0.3, 0.4) is 0 Å². The Kier molecular flexibility index (Phi) is 9.40. The van der Waals surface area contributed by atoms with Crippen molar-refractivity contribution in [3.05, 3.63) is 124 Å². The predicted molar refractivity (Wildman–Crippen MR) is 178 cm³/mol. The molecule has 15 heteroatoms. The Morgan fingerprint density at radius 3 is 2.23 bits per heavy atom. The minimum atomic E-state index is -1.04. The molecule has 6 rings (SSSR count). The van der Waals surface area contributed by atoms with Crippen LogP contribution in [0.1, 0.15) is 33.3 Å². The third-order valence-corrected chi connectivity index (χ3v) is 9.60. The number of fused-ring (bicyclic) bond motifs is 1. The predicted octanol–water partition coefficient (Wildman–Crippen LogP) is 3.07. The summed E-state index contributed by atoms with van der Waals surface area (Å²) in [6.07, 6.45) is -0.787. The van der Waals surface area contributed by atoms with E-state index >= 15 is 0 Å². The third kappa shape index (κ3) is 6.59. The molecule has 4 aromatic rings. The Bertz CT molecular complexity index is 1880. The Labute approximate surface area is 282 Å². The van der Waals surface area contributed by atoms with Crippen molar-refractivity contribution in [3.8, 4) is 5.75 Å². The number of aromatic nitrogens is 1. The van der Waals surface area contributed by atoms with Gasteiger partial charge in [0.05, 0.1) is 0 Å². The molecular weight excluding hydrogens is 657 g/mol. The van der Waals surface area contributed by atoms with E-state index in [4.69, 9.17) is 20.9 Å². The highest BCUT2D eigenvalue weighted by molar-refractivity contribution is 8.00.